The first-order chi connectivity index (χ1) is 31.5. The van der Waals surface area contributed by atoms with Gasteiger partial charge in [-0.2, -0.15) is 0 Å². The predicted octanol–water partition coefficient (Wildman–Crippen LogP) is 16.6. The van der Waals surface area contributed by atoms with Crippen LogP contribution >= 0.6 is 0 Å². The number of nitrogens with one attached hydrogen (secondary N) is 1. The van der Waals surface area contributed by atoms with Crippen LogP contribution in [0.4, 0.5) is 0 Å². The van der Waals surface area contributed by atoms with Crippen LogP contribution in [-0.2, 0) is 4.79 Å². The molecule has 0 fully saturated rings. The highest BCUT2D eigenvalue weighted by Crippen LogP contribution is 2.17. The number of amides is 1. The predicted molar refractivity (Wildman–Crippen MR) is 279 cm³/mol. The van der Waals surface area contributed by atoms with E-state index in [1.54, 1.807) is 0 Å². The molecule has 0 saturated heterocycles. The lowest BCUT2D eigenvalue weighted by atomic mass is 10.00. The van der Waals surface area contributed by atoms with Crippen molar-refractivity contribution in [2.75, 3.05) is 6.61 Å². The summed E-state index contributed by atoms with van der Waals surface area (Å²) in [6, 6.07) is -1.00. The van der Waals surface area contributed by atoms with Crippen molar-refractivity contribution in [2.24, 2.45) is 0 Å². The third-order valence-corrected chi connectivity index (χ3v) is 13.6. The van der Waals surface area contributed by atoms with Gasteiger partial charge in [0.05, 0.1) is 18.8 Å². The van der Waals surface area contributed by atoms with Crippen LogP contribution in [0, 0.1) is 0 Å². The zero-order valence-electron chi connectivity index (χ0n) is 43.0. The van der Waals surface area contributed by atoms with Crippen LogP contribution < -0.4 is 5.32 Å². The molecule has 0 rings (SSSR count). The maximum atomic E-state index is 12.6. The minimum Gasteiger partial charge on any atom is -0.394 e. The van der Waals surface area contributed by atoms with Crippen LogP contribution in [0.5, 0.6) is 0 Å². The van der Waals surface area contributed by atoms with Crippen LogP contribution in [-0.4, -0.2) is 57.3 Å². The minimum atomic E-state index is -1.28. The number of unbranched alkanes of at least 4 members (excludes halogenated alkanes) is 40. The van der Waals surface area contributed by atoms with E-state index in [-0.39, 0.29) is 0 Å². The summed E-state index contributed by atoms with van der Waals surface area (Å²) in [5, 5.41) is 44.0. The lowest BCUT2D eigenvalue weighted by Crippen LogP contribution is -2.53. The van der Waals surface area contributed by atoms with Gasteiger partial charge in [-0.05, 0) is 64.2 Å². The molecule has 5 N–H and O–H groups in total. The Labute approximate surface area is 399 Å². The fraction of sp³-hybridized carbons (Fsp3) is 0.914. The molecule has 0 aliphatic carbocycles. The Bertz CT molecular complexity index is 970. The Kier molecular flexibility index (Phi) is 51.8. The molecule has 0 aromatic heterocycles. The second-order valence-electron chi connectivity index (χ2n) is 20.0. The van der Waals surface area contributed by atoms with E-state index < -0.39 is 36.9 Å². The van der Waals surface area contributed by atoms with Crippen molar-refractivity contribution >= 4 is 5.91 Å². The Morgan fingerprint density at radius 3 is 0.938 bits per heavy atom. The standard InChI is InChI=1S/C58H113NO5/c1-3-5-7-9-11-13-15-17-19-21-23-25-27-28-30-32-34-36-38-40-42-44-46-48-50-52-56(62)58(64)59-54(53-60)57(63)55(61)51-49-47-45-43-41-39-37-35-33-31-29-26-24-22-20-18-16-14-12-10-8-6-4-2/h28,30,43,45,54-57,60-63H,3-27,29,31-42,44,46-53H2,1-2H3,(H,59,64)/b30-28-,45-43+. The van der Waals surface area contributed by atoms with Gasteiger partial charge >= 0.3 is 0 Å². The smallest absolute Gasteiger partial charge is 0.249 e. The molecule has 0 aromatic carbocycles. The van der Waals surface area contributed by atoms with Gasteiger partial charge in [-0.15, -0.1) is 0 Å². The number of hydrogen-bond donors (Lipinski definition) is 5. The summed E-state index contributed by atoms with van der Waals surface area (Å²) in [4.78, 5) is 12.6. The molecule has 0 saturated carbocycles. The van der Waals surface area contributed by atoms with Crippen LogP contribution in [0.2, 0.25) is 0 Å². The summed E-state index contributed by atoms with van der Waals surface area (Å²) in [6.07, 6.45) is 63.9. The summed E-state index contributed by atoms with van der Waals surface area (Å²) in [6.45, 7) is 4.08. The molecule has 1 amide bonds. The van der Waals surface area contributed by atoms with Gasteiger partial charge in [-0.1, -0.05) is 269 Å². The molecular formula is C58H113NO5. The van der Waals surface area contributed by atoms with Gasteiger partial charge in [0.1, 0.15) is 12.2 Å². The second kappa shape index (κ2) is 52.8. The van der Waals surface area contributed by atoms with Crippen molar-refractivity contribution in [3.8, 4) is 0 Å². The van der Waals surface area contributed by atoms with E-state index in [1.807, 2.05) is 0 Å². The van der Waals surface area contributed by atoms with Gasteiger partial charge in [-0.3, -0.25) is 4.79 Å². The van der Waals surface area contributed by atoms with Gasteiger partial charge in [0, 0.05) is 0 Å². The van der Waals surface area contributed by atoms with E-state index in [1.165, 1.54) is 244 Å². The average molecular weight is 905 g/mol. The molecule has 0 heterocycles. The molecule has 0 spiro atoms. The first kappa shape index (κ1) is 62.8. The molecule has 0 aliphatic heterocycles. The third kappa shape index (κ3) is 45.9. The van der Waals surface area contributed by atoms with Crippen molar-refractivity contribution in [1.29, 1.82) is 0 Å². The molecule has 64 heavy (non-hydrogen) atoms. The van der Waals surface area contributed by atoms with Gasteiger partial charge in [0.2, 0.25) is 5.91 Å². The summed E-state index contributed by atoms with van der Waals surface area (Å²) < 4.78 is 0. The van der Waals surface area contributed by atoms with Crippen molar-refractivity contribution in [3.05, 3.63) is 24.3 Å². The molecule has 4 atom stereocenters. The second-order valence-corrected chi connectivity index (χ2v) is 20.0. The van der Waals surface area contributed by atoms with Crippen molar-refractivity contribution in [3.63, 3.8) is 0 Å². The molecule has 0 aromatic rings. The molecule has 380 valence electrons. The molecule has 0 bridgehead atoms. The van der Waals surface area contributed by atoms with Crippen LogP contribution in [0.25, 0.3) is 0 Å². The summed E-state index contributed by atoms with van der Waals surface area (Å²) in [7, 11) is 0. The molecule has 4 unspecified atom stereocenters. The van der Waals surface area contributed by atoms with Crippen molar-refractivity contribution in [2.45, 2.75) is 334 Å². The van der Waals surface area contributed by atoms with Gasteiger partial charge < -0.3 is 25.7 Å². The van der Waals surface area contributed by atoms with E-state index in [2.05, 4.69) is 43.5 Å². The Hall–Kier alpha value is -1.21. The number of carbonyl (C=O) groups is 1. The number of carbonyl (C=O) groups excluding carboxylic acids is 1. The Morgan fingerprint density at radius 2 is 0.641 bits per heavy atom. The van der Waals surface area contributed by atoms with Crippen LogP contribution in [0.1, 0.15) is 309 Å². The highest BCUT2D eigenvalue weighted by atomic mass is 16.3. The Balaban J connectivity index is 3.65. The van der Waals surface area contributed by atoms with E-state index in [0.717, 1.165) is 38.5 Å². The normalized spacial score (nSPS) is 13.9. The molecule has 6 heteroatoms. The third-order valence-electron chi connectivity index (χ3n) is 13.6. The lowest BCUT2D eigenvalue weighted by molar-refractivity contribution is -0.132. The SMILES string of the molecule is CCCCCCCCCCCCCC/C=C\CCCCCCCCCCCC(O)C(=O)NC(CO)C(O)C(O)CCC/C=C/CCCCCCCCCCCCCCCCCCCC. The van der Waals surface area contributed by atoms with E-state index in [4.69, 9.17) is 0 Å². The summed E-state index contributed by atoms with van der Waals surface area (Å²) in [5.41, 5.74) is 0. The zero-order valence-corrected chi connectivity index (χ0v) is 43.0. The lowest BCUT2D eigenvalue weighted by Gasteiger charge is -2.27. The average Bonchev–Trinajstić information content (AvgIpc) is 3.30. The maximum absolute atomic E-state index is 12.6. The molecule has 6 nitrogen and oxygen atoms in total. The van der Waals surface area contributed by atoms with Gasteiger partial charge in [0.25, 0.3) is 0 Å². The van der Waals surface area contributed by atoms with E-state index in [0.29, 0.717) is 12.8 Å². The molecular weight excluding hydrogens is 791 g/mol. The van der Waals surface area contributed by atoms with Crippen LogP contribution in [0.15, 0.2) is 24.3 Å². The Morgan fingerprint density at radius 1 is 0.375 bits per heavy atom. The summed E-state index contributed by atoms with van der Waals surface area (Å²) >= 11 is 0. The fourth-order valence-electron chi connectivity index (χ4n) is 9.11. The van der Waals surface area contributed by atoms with E-state index in [9.17, 15) is 25.2 Å². The number of allylic oxidation sites excluding steroid dienone is 4. The highest BCUT2D eigenvalue weighted by Gasteiger charge is 2.28. The number of aliphatic hydroxyl groups is 4. The largest absolute Gasteiger partial charge is 0.394 e. The molecule has 0 aliphatic rings. The highest BCUT2D eigenvalue weighted by molar-refractivity contribution is 5.80. The van der Waals surface area contributed by atoms with Gasteiger partial charge in [-0.25, -0.2) is 0 Å². The van der Waals surface area contributed by atoms with E-state index >= 15 is 0 Å². The van der Waals surface area contributed by atoms with Gasteiger partial charge in [0.15, 0.2) is 0 Å². The fourth-order valence-corrected chi connectivity index (χ4v) is 9.11. The minimum absolute atomic E-state index is 0.362. The van der Waals surface area contributed by atoms with Crippen LogP contribution in [0.3, 0.4) is 0 Å². The first-order valence-electron chi connectivity index (χ1n) is 28.7. The molecule has 0 radical (unpaired) electrons. The summed E-state index contributed by atoms with van der Waals surface area (Å²) in [5.74, 6) is -0.591. The maximum Gasteiger partial charge on any atom is 0.249 e. The topological polar surface area (TPSA) is 110 Å². The number of aliphatic hydroxyl groups excluding tert-OH is 4. The number of rotatable bonds is 53. The van der Waals surface area contributed by atoms with Crippen molar-refractivity contribution < 1.29 is 25.2 Å². The van der Waals surface area contributed by atoms with Crippen molar-refractivity contribution in [1.82, 2.24) is 5.32 Å². The first-order valence-corrected chi connectivity index (χ1v) is 28.7. The number of hydrogen-bond acceptors (Lipinski definition) is 5. The monoisotopic (exact) mass is 904 g/mol. The quantitative estimate of drug-likeness (QED) is 0.0308. The zero-order chi connectivity index (χ0) is 46.7.